The molecule has 0 saturated carbocycles. The zero-order chi connectivity index (χ0) is 38.7. The molecule has 10 aromatic rings. The van der Waals surface area contributed by atoms with Crippen molar-refractivity contribution in [3.8, 4) is 89.5 Å². The number of hydrogen-bond donors (Lipinski definition) is 0. The summed E-state index contributed by atoms with van der Waals surface area (Å²) in [7, 11) is 0. The zero-order valence-electron chi connectivity index (χ0n) is 31.8. The van der Waals surface area contributed by atoms with Crippen LogP contribution in [0.1, 0.15) is 0 Å². The van der Waals surface area contributed by atoms with Crippen LogP contribution in [0.25, 0.3) is 100 Å². The second-order valence-electron chi connectivity index (χ2n) is 14.5. The second-order valence-corrected chi connectivity index (χ2v) is 14.5. The minimum Gasteiger partial charge on any atom is -0.228 e. The molecule has 9 aromatic carbocycles. The van der Waals surface area contributed by atoms with E-state index in [1.807, 2.05) is 6.07 Å². The number of benzene rings is 9. The Morgan fingerprint density at radius 1 is 0.241 bits per heavy atom. The van der Waals surface area contributed by atoms with Gasteiger partial charge in [0.25, 0.3) is 0 Å². The first-order valence-corrected chi connectivity index (χ1v) is 19.7. The van der Waals surface area contributed by atoms with Gasteiger partial charge in [0.2, 0.25) is 0 Å². The fourth-order valence-electron chi connectivity index (χ4n) is 8.20. The number of hydrogen-bond acceptors (Lipinski definition) is 2. The van der Waals surface area contributed by atoms with Gasteiger partial charge in [-0.25, -0.2) is 9.97 Å². The van der Waals surface area contributed by atoms with Gasteiger partial charge in [-0.2, -0.15) is 0 Å². The predicted octanol–water partition coefficient (Wildman–Crippen LogP) is 15.0. The largest absolute Gasteiger partial charge is 0.228 e. The van der Waals surface area contributed by atoms with Crippen LogP contribution >= 0.6 is 0 Å². The van der Waals surface area contributed by atoms with Crippen molar-refractivity contribution in [3.05, 3.63) is 231 Å². The van der Waals surface area contributed by atoms with Crippen molar-refractivity contribution >= 4 is 10.8 Å². The summed E-state index contributed by atoms with van der Waals surface area (Å²) in [4.78, 5) is 10.6. The molecule has 0 unspecified atom stereocenters. The van der Waals surface area contributed by atoms with E-state index in [0.29, 0.717) is 5.82 Å². The third-order valence-electron chi connectivity index (χ3n) is 10.9. The average Bonchev–Trinajstić information content (AvgIpc) is 3.32. The minimum absolute atomic E-state index is 0.680. The molecule has 0 atom stereocenters. The highest BCUT2D eigenvalue weighted by Gasteiger charge is 2.24. The zero-order valence-corrected chi connectivity index (χ0v) is 31.8. The van der Waals surface area contributed by atoms with Crippen molar-refractivity contribution in [1.29, 1.82) is 0 Å². The Morgan fingerprint density at radius 3 is 1.29 bits per heavy atom. The van der Waals surface area contributed by atoms with Crippen LogP contribution in [0, 0.1) is 0 Å². The van der Waals surface area contributed by atoms with E-state index in [1.165, 1.54) is 33.2 Å². The van der Waals surface area contributed by atoms with Crippen molar-refractivity contribution in [3.63, 3.8) is 0 Å². The topological polar surface area (TPSA) is 25.8 Å². The standard InChI is InChI=1S/C56H38N2/c1-6-20-40(21-7-1)49-37-50(54(43-27-12-4-13-28-43)55(44-29-14-5-15-30-44)53(49)42-25-10-3-11-26-42)45-32-18-33-46(36-45)56-57-51(41-23-8-2-9-24-41)38-52(58-56)48-35-19-31-39-22-16-17-34-47(39)48/h1-38H. The van der Waals surface area contributed by atoms with Gasteiger partial charge in [-0.1, -0.05) is 212 Å². The van der Waals surface area contributed by atoms with Crippen LogP contribution in [0.4, 0.5) is 0 Å². The molecule has 0 fully saturated rings. The van der Waals surface area contributed by atoms with Crippen LogP contribution in [0.15, 0.2) is 231 Å². The summed E-state index contributed by atoms with van der Waals surface area (Å²) in [6.45, 7) is 0. The van der Waals surface area contributed by atoms with Gasteiger partial charge in [-0.15, -0.1) is 0 Å². The third-order valence-corrected chi connectivity index (χ3v) is 10.9. The SMILES string of the molecule is c1ccc(-c2cc(-c3cccc4ccccc34)nc(-c3cccc(-c4cc(-c5ccccc5)c(-c5ccccc5)c(-c5ccccc5)c4-c4ccccc4)c3)n2)cc1. The van der Waals surface area contributed by atoms with E-state index in [9.17, 15) is 0 Å². The predicted molar refractivity (Wildman–Crippen MR) is 243 cm³/mol. The summed E-state index contributed by atoms with van der Waals surface area (Å²) in [5, 5.41) is 2.34. The molecule has 10 rings (SSSR count). The highest BCUT2D eigenvalue weighted by Crippen LogP contribution is 2.50. The van der Waals surface area contributed by atoms with E-state index in [1.54, 1.807) is 0 Å². The first-order chi connectivity index (χ1) is 28.8. The van der Waals surface area contributed by atoms with E-state index >= 15 is 0 Å². The van der Waals surface area contributed by atoms with E-state index in [-0.39, 0.29) is 0 Å². The molecule has 58 heavy (non-hydrogen) atoms. The van der Waals surface area contributed by atoms with Gasteiger partial charge >= 0.3 is 0 Å². The Bertz CT molecular complexity index is 3010. The van der Waals surface area contributed by atoms with Crippen LogP contribution in [-0.2, 0) is 0 Å². The van der Waals surface area contributed by atoms with Gasteiger partial charge < -0.3 is 0 Å². The van der Waals surface area contributed by atoms with Crippen LogP contribution < -0.4 is 0 Å². The summed E-state index contributed by atoms with van der Waals surface area (Å²) >= 11 is 0. The lowest BCUT2D eigenvalue weighted by Crippen LogP contribution is -1.99. The maximum Gasteiger partial charge on any atom is 0.160 e. The molecule has 2 nitrogen and oxygen atoms in total. The van der Waals surface area contributed by atoms with Gasteiger partial charge in [-0.05, 0) is 84.6 Å². The van der Waals surface area contributed by atoms with Crippen LogP contribution in [0.2, 0.25) is 0 Å². The summed E-state index contributed by atoms with van der Waals surface area (Å²) in [6, 6.07) is 81.9. The lowest BCUT2D eigenvalue weighted by atomic mass is 9.79. The molecule has 2 heteroatoms. The van der Waals surface area contributed by atoms with Gasteiger partial charge in [0.1, 0.15) is 0 Å². The molecule has 1 heterocycles. The minimum atomic E-state index is 0.680. The van der Waals surface area contributed by atoms with E-state index < -0.39 is 0 Å². The molecule has 0 spiro atoms. The van der Waals surface area contributed by atoms with Crippen LogP contribution in [0.3, 0.4) is 0 Å². The van der Waals surface area contributed by atoms with Crippen LogP contribution in [0.5, 0.6) is 0 Å². The summed E-state index contributed by atoms with van der Waals surface area (Å²) < 4.78 is 0. The maximum absolute atomic E-state index is 5.34. The molecule has 0 amide bonds. The Hall–Kier alpha value is -7.68. The van der Waals surface area contributed by atoms with Crippen molar-refractivity contribution in [2.75, 3.05) is 0 Å². The monoisotopic (exact) mass is 738 g/mol. The maximum atomic E-state index is 5.34. The highest BCUT2D eigenvalue weighted by molar-refractivity contribution is 6.07. The fourth-order valence-corrected chi connectivity index (χ4v) is 8.20. The smallest absolute Gasteiger partial charge is 0.160 e. The quantitative estimate of drug-likeness (QED) is 0.155. The van der Waals surface area contributed by atoms with Crippen molar-refractivity contribution in [2.24, 2.45) is 0 Å². The number of rotatable bonds is 8. The summed E-state index contributed by atoms with van der Waals surface area (Å²) in [5.41, 5.74) is 16.5. The molecular weight excluding hydrogens is 701 g/mol. The molecule has 0 aliphatic rings. The Morgan fingerprint density at radius 2 is 0.672 bits per heavy atom. The normalized spacial score (nSPS) is 11.1. The number of nitrogens with zero attached hydrogens (tertiary/aromatic N) is 2. The van der Waals surface area contributed by atoms with E-state index in [0.717, 1.165) is 61.3 Å². The molecule has 0 aliphatic carbocycles. The third kappa shape index (κ3) is 6.67. The first kappa shape index (κ1) is 34.8. The lowest BCUT2D eigenvalue weighted by molar-refractivity contribution is 1.18. The lowest BCUT2D eigenvalue weighted by Gasteiger charge is -2.24. The molecule has 0 radical (unpaired) electrons. The van der Waals surface area contributed by atoms with E-state index in [2.05, 4.69) is 224 Å². The second kappa shape index (κ2) is 15.5. The molecule has 0 N–H and O–H groups in total. The summed E-state index contributed by atoms with van der Waals surface area (Å²) in [5.74, 6) is 0.680. The number of fused-ring (bicyclic) bond motifs is 1. The Labute approximate surface area is 339 Å². The molecule has 0 aliphatic heterocycles. The van der Waals surface area contributed by atoms with Crippen LogP contribution in [-0.4, -0.2) is 9.97 Å². The Kier molecular flexibility index (Phi) is 9.27. The van der Waals surface area contributed by atoms with Gasteiger partial charge in [-0.3, -0.25) is 0 Å². The number of aromatic nitrogens is 2. The molecule has 0 bridgehead atoms. The van der Waals surface area contributed by atoms with Gasteiger partial charge in [0.15, 0.2) is 5.82 Å². The van der Waals surface area contributed by atoms with Gasteiger partial charge in [0.05, 0.1) is 11.4 Å². The molecule has 0 saturated heterocycles. The molecule has 272 valence electrons. The van der Waals surface area contributed by atoms with Crippen molar-refractivity contribution < 1.29 is 0 Å². The molecular formula is C56H38N2. The average molecular weight is 739 g/mol. The van der Waals surface area contributed by atoms with Crippen molar-refractivity contribution in [1.82, 2.24) is 9.97 Å². The highest BCUT2D eigenvalue weighted by atomic mass is 14.9. The molecule has 1 aromatic heterocycles. The van der Waals surface area contributed by atoms with E-state index in [4.69, 9.17) is 9.97 Å². The fraction of sp³-hybridized carbons (Fsp3) is 0. The summed E-state index contributed by atoms with van der Waals surface area (Å²) in [6.07, 6.45) is 0. The van der Waals surface area contributed by atoms with Gasteiger partial charge in [0, 0.05) is 16.7 Å². The first-order valence-electron chi connectivity index (χ1n) is 19.7. The Balaban J connectivity index is 1.26. The van der Waals surface area contributed by atoms with Crippen molar-refractivity contribution in [2.45, 2.75) is 0 Å².